The molecule has 3 unspecified atom stereocenters. The number of hydrazine groups is 1. The lowest BCUT2D eigenvalue weighted by atomic mass is 10.0. The van der Waals surface area contributed by atoms with Crippen LogP contribution in [0.4, 0.5) is 21.5 Å². The molecule has 3 fully saturated rings. The van der Waals surface area contributed by atoms with Gasteiger partial charge in [-0.25, -0.2) is 10.2 Å². The number of rotatable bonds is 8. The molecule has 12 heteroatoms. The summed E-state index contributed by atoms with van der Waals surface area (Å²) in [6, 6.07) is 19.1. The molecule has 45 heavy (non-hydrogen) atoms. The Kier molecular flexibility index (Phi) is 8.38. The normalized spacial score (nSPS) is 21.3. The Balaban J connectivity index is 1.03. The third-order valence-corrected chi connectivity index (χ3v) is 8.98. The summed E-state index contributed by atoms with van der Waals surface area (Å²) in [7, 11) is 0. The van der Waals surface area contributed by atoms with E-state index in [2.05, 4.69) is 32.6 Å². The Hall–Kier alpha value is -4.99. The van der Waals surface area contributed by atoms with Gasteiger partial charge in [0.1, 0.15) is 11.9 Å². The van der Waals surface area contributed by atoms with Gasteiger partial charge in [-0.3, -0.25) is 29.6 Å². The molecule has 0 radical (unpaired) electrons. The first kappa shape index (κ1) is 30.1. The van der Waals surface area contributed by atoms with Gasteiger partial charge in [0, 0.05) is 57.1 Å². The summed E-state index contributed by atoms with van der Waals surface area (Å²) < 4.78 is 14.6. The summed E-state index contributed by atoms with van der Waals surface area (Å²) in [4.78, 5) is 41.6. The smallest absolute Gasteiger partial charge is 0.272 e. The van der Waals surface area contributed by atoms with Crippen LogP contribution in [0.2, 0.25) is 0 Å². The fourth-order valence-corrected chi connectivity index (χ4v) is 6.64. The lowest BCUT2D eigenvalue weighted by Gasteiger charge is -2.30. The Morgan fingerprint density at radius 1 is 1.04 bits per heavy atom. The largest absolute Gasteiger partial charge is 0.398 e. The van der Waals surface area contributed by atoms with Gasteiger partial charge < -0.3 is 16.0 Å². The molecular formula is C33H35FN8O3. The van der Waals surface area contributed by atoms with Crippen molar-refractivity contribution in [1.29, 1.82) is 5.26 Å². The second-order valence-electron chi connectivity index (χ2n) is 12.0. The van der Waals surface area contributed by atoms with E-state index in [1.54, 1.807) is 30.3 Å². The molecular weight excluding hydrogens is 575 g/mol. The number of piperidine rings is 1. The Labute approximate surface area is 260 Å². The molecule has 0 aliphatic carbocycles. The number of benzene rings is 3. The zero-order valence-electron chi connectivity index (χ0n) is 24.7. The monoisotopic (exact) mass is 610 g/mol. The number of hydrogen-bond donors (Lipinski definition) is 4. The standard InChI is InChI=1S/C33H35FN8O3/c34-25-12-22(13-35)8-9-28(25)41-18-23-16-40(17-24(23)19-41)15-21-6-4-20(5-7-21)14-38-27-3-1-2-26(36)31(27)33(45)42(37)29-10-11-30(43)39-32(29)44/h1-9,12,23-24,29,38H,10-11,14-19,36-37H2,(H,39,43,44). The van der Waals surface area contributed by atoms with E-state index in [9.17, 15) is 18.8 Å². The Morgan fingerprint density at radius 3 is 2.42 bits per heavy atom. The van der Waals surface area contributed by atoms with E-state index in [0.717, 1.165) is 43.3 Å². The van der Waals surface area contributed by atoms with Gasteiger partial charge in [0.2, 0.25) is 5.91 Å². The molecule has 0 aromatic heterocycles. The van der Waals surface area contributed by atoms with Gasteiger partial charge in [0.25, 0.3) is 11.8 Å². The van der Waals surface area contributed by atoms with Crippen LogP contribution in [0.25, 0.3) is 0 Å². The van der Waals surface area contributed by atoms with Crippen molar-refractivity contribution < 1.29 is 18.8 Å². The molecule has 3 saturated heterocycles. The van der Waals surface area contributed by atoms with Crippen molar-refractivity contribution in [3.05, 3.63) is 88.7 Å². The van der Waals surface area contributed by atoms with Gasteiger partial charge in [-0.05, 0) is 59.7 Å². The van der Waals surface area contributed by atoms with Crippen molar-refractivity contribution >= 4 is 34.8 Å². The van der Waals surface area contributed by atoms with Crippen LogP contribution in [-0.4, -0.2) is 59.9 Å². The third kappa shape index (κ3) is 6.31. The van der Waals surface area contributed by atoms with E-state index < -0.39 is 23.8 Å². The van der Waals surface area contributed by atoms with E-state index in [1.165, 1.54) is 11.6 Å². The molecule has 3 amide bonds. The second-order valence-corrected chi connectivity index (χ2v) is 12.0. The highest BCUT2D eigenvalue weighted by atomic mass is 19.1. The average Bonchev–Trinajstić information content (AvgIpc) is 3.59. The number of nitrogens with zero attached hydrogens (tertiary/aromatic N) is 4. The SMILES string of the molecule is N#Cc1ccc(N2CC3CN(Cc4ccc(CNc5cccc(N)c5C(=O)N(N)C5CCC(=O)NC5=O)cc4)CC3C2)c(F)c1. The molecule has 6 N–H and O–H groups in total. The van der Waals surface area contributed by atoms with Crippen LogP contribution in [0.1, 0.15) is 39.9 Å². The number of carbonyl (C=O) groups excluding carboxylic acids is 3. The zero-order chi connectivity index (χ0) is 31.7. The first-order valence-corrected chi connectivity index (χ1v) is 15.0. The molecule has 0 bridgehead atoms. The van der Waals surface area contributed by atoms with Gasteiger partial charge in [0.15, 0.2) is 0 Å². The first-order chi connectivity index (χ1) is 21.7. The van der Waals surface area contributed by atoms with Crippen LogP contribution in [0.5, 0.6) is 0 Å². The molecule has 11 nitrogen and oxygen atoms in total. The van der Waals surface area contributed by atoms with Gasteiger partial charge in [-0.2, -0.15) is 5.26 Å². The van der Waals surface area contributed by atoms with Crippen LogP contribution in [0, 0.1) is 29.0 Å². The fourth-order valence-electron chi connectivity index (χ4n) is 6.64. The number of hydrogen-bond acceptors (Lipinski definition) is 9. The molecule has 0 saturated carbocycles. The quantitative estimate of drug-likeness (QED) is 0.0988. The minimum atomic E-state index is -0.963. The number of imide groups is 1. The molecule has 3 aromatic rings. The third-order valence-electron chi connectivity index (χ3n) is 8.98. The van der Waals surface area contributed by atoms with E-state index >= 15 is 0 Å². The molecule has 6 rings (SSSR count). The summed E-state index contributed by atoms with van der Waals surface area (Å²) in [5.41, 5.74) is 10.2. The van der Waals surface area contributed by atoms with Crippen LogP contribution in [0.15, 0.2) is 60.7 Å². The predicted molar refractivity (Wildman–Crippen MR) is 167 cm³/mol. The number of anilines is 3. The highest BCUT2D eigenvalue weighted by Gasteiger charge is 2.40. The zero-order valence-corrected chi connectivity index (χ0v) is 24.7. The molecule has 0 spiro atoms. The summed E-state index contributed by atoms with van der Waals surface area (Å²) in [6.45, 7) is 4.77. The number of amides is 3. The van der Waals surface area contributed by atoms with Crippen LogP contribution >= 0.6 is 0 Å². The summed E-state index contributed by atoms with van der Waals surface area (Å²) in [5, 5.41) is 15.4. The Morgan fingerprint density at radius 2 is 1.76 bits per heavy atom. The number of fused-ring (bicyclic) bond motifs is 1. The maximum Gasteiger partial charge on any atom is 0.272 e. The summed E-state index contributed by atoms with van der Waals surface area (Å²) >= 11 is 0. The number of likely N-dealkylation sites (tertiary alicyclic amines) is 1. The fraction of sp³-hybridized carbons (Fsp3) is 0.333. The topological polar surface area (TPSA) is 161 Å². The van der Waals surface area contributed by atoms with Crippen molar-refractivity contribution in [3.63, 3.8) is 0 Å². The van der Waals surface area contributed by atoms with E-state index in [0.29, 0.717) is 35.3 Å². The van der Waals surface area contributed by atoms with Crippen LogP contribution in [0.3, 0.4) is 0 Å². The van der Waals surface area contributed by atoms with Gasteiger partial charge in [-0.1, -0.05) is 30.3 Å². The number of nitrogens with two attached hydrogens (primary N) is 2. The Bertz CT molecular complexity index is 1660. The number of nitriles is 1. The highest BCUT2D eigenvalue weighted by molar-refractivity contribution is 6.07. The summed E-state index contributed by atoms with van der Waals surface area (Å²) in [6.07, 6.45) is 0.242. The average molecular weight is 611 g/mol. The van der Waals surface area contributed by atoms with Crippen molar-refractivity contribution in [3.8, 4) is 6.07 Å². The van der Waals surface area contributed by atoms with Gasteiger partial charge in [0.05, 0.1) is 22.9 Å². The second kappa shape index (κ2) is 12.6. The van der Waals surface area contributed by atoms with Crippen molar-refractivity contribution in [1.82, 2.24) is 15.2 Å². The first-order valence-electron chi connectivity index (χ1n) is 15.0. The van der Waals surface area contributed by atoms with E-state index in [4.69, 9.17) is 16.8 Å². The molecule has 232 valence electrons. The van der Waals surface area contributed by atoms with E-state index in [1.807, 2.05) is 18.2 Å². The maximum atomic E-state index is 14.6. The molecule has 3 aliphatic rings. The van der Waals surface area contributed by atoms with Crippen molar-refractivity contribution in [2.75, 3.05) is 42.1 Å². The molecule has 3 aliphatic heterocycles. The number of nitrogen functional groups attached to an aromatic ring is 1. The van der Waals surface area contributed by atoms with Crippen LogP contribution < -0.4 is 27.1 Å². The van der Waals surface area contributed by atoms with Crippen molar-refractivity contribution in [2.45, 2.75) is 32.0 Å². The number of carbonyl (C=O) groups is 3. The lowest BCUT2D eigenvalue weighted by molar-refractivity contribution is -0.136. The number of nitrogens with one attached hydrogen (secondary N) is 2. The lowest BCUT2D eigenvalue weighted by Crippen LogP contribution is -2.57. The summed E-state index contributed by atoms with van der Waals surface area (Å²) in [5.74, 6) is 5.06. The van der Waals surface area contributed by atoms with Crippen LogP contribution in [-0.2, 0) is 22.7 Å². The molecule has 3 heterocycles. The van der Waals surface area contributed by atoms with Gasteiger partial charge >= 0.3 is 0 Å². The van der Waals surface area contributed by atoms with Crippen molar-refractivity contribution in [2.24, 2.45) is 17.7 Å². The maximum absolute atomic E-state index is 14.6. The minimum absolute atomic E-state index is 0.0986. The highest BCUT2D eigenvalue weighted by Crippen LogP contribution is 2.36. The molecule has 3 atom stereocenters. The minimum Gasteiger partial charge on any atom is -0.398 e. The van der Waals surface area contributed by atoms with E-state index in [-0.39, 0.29) is 29.9 Å². The number of halogens is 1. The molecule has 3 aromatic carbocycles. The van der Waals surface area contributed by atoms with Gasteiger partial charge in [-0.15, -0.1) is 0 Å². The predicted octanol–water partition coefficient (Wildman–Crippen LogP) is 2.58.